The molecule has 0 bridgehead atoms. The second-order valence-corrected chi connectivity index (χ2v) is 5.04. The number of aliphatic hydroxyl groups is 1. The van der Waals surface area contributed by atoms with Gasteiger partial charge in [0.05, 0.1) is 0 Å². The van der Waals surface area contributed by atoms with Gasteiger partial charge in [-0.05, 0) is 61.3 Å². The van der Waals surface area contributed by atoms with Crippen molar-refractivity contribution in [2.24, 2.45) is 10.7 Å². The van der Waals surface area contributed by atoms with Crippen LogP contribution in [0.3, 0.4) is 0 Å². The molecule has 0 fully saturated rings. The van der Waals surface area contributed by atoms with Crippen molar-refractivity contribution in [1.82, 2.24) is 0 Å². The van der Waals surface area contributed by atoms with E-state index in [0.717, 1.165) is 16.9 Å². The van der Waals surface area contributed by atoms with Gasteiger partial charge in [0.1, 0.15) is 17.3 Å². The molecular formula is C21H21F3N2O2. The number of nitrogens with zero attached hydrogens (tertiary/aromatic N) is 1. The van der Waals surface area contributed by atoms with Gasteiger partial charge in [-0.2, -0.15) is 8.78 Å². The minimum Gasteiger partial charge on any atom is -0.455 e. The standard InChI is InChI=1S/C19H14FNO.CH2F2O.CH5N/c1-21-18-13-15(14-7-10-16(20)11-8-14)9-12-19(18)22-17-5-3-2-4-6-17;2-1(3)4;1-2/h2-13H,1H2;1,4H;2H2,1H3. The van der Waals surface area contributed by atoms with Crippen molar-refractivity contribution in [2.45, 2.75) is 6.61 Å². The van der Waals surface area contributed by atoms with E-state index in [1.54, 1.807) is 12.1 Å². The third-order valence-electron chi connectivity index (χ3n) is 3.28. The van der Waals surface area contributed by atoms with Crippen LogP contribution in [0, 0.1) is 5.82 Å². The number of para-hydroxylation sites is 1. The topological polar surface area (TPSA) is 67.8 Å². The van der Waals surface area contributed by atoms with Crippen molar-refractivity contribution in [2.75, 3.05) is 7.05 Å². The lowest BCUT2D eigenvalue weighted by Crippen LogP contribution is -1.86. The predicted octanol–water partition coefficient (Wildman–Crippen LogP) is 5.39. The third kappa shape index (κ3) is 7.61. The van der Waals surface area contributed by atoms with Gasteiger partial charge in [0, 0.05) is 0 Å². The summed E-state index contributed by atoms with van der Waals surface area (Å²) in [5.41, 5.74) is 6.99. The molecule has 0 amide bonds. The summed E-state index contributed by atoms with van der Waals surface area (Å²) in [6, 6.07) is 21.5. The Morgan fingerprint density at radius 3 is 2.00 bits per heavy atom. The number of hydrogen-bond donors (Lipinski definition) is 2. The molecule has 0 saturated carbocycles. The Hall–Kier alpha value is -3.16. The Labute approximate surface area is 161 Å². The van der Waals surface area contributed by atoms with Crippen LogP contribution in [0.25, 0.3) is 11.1 Å². The maximum atomic E-state index is 13.0. The summed E-state index contributed by atoms with van der Waals surface area (Å²) in [4.78, 5) is 4.02. The zero-order valence-electron chi connectivity index (χ0n) is 15.2. The van der Waals surface area contributed by atoms with Crippen LogP contribution in [0.5, 0.6) is 11.5 Å². The maximum absolute atomic E-state index is 13.0. The van der Waals surface area contributed by atoms with Crippen LogP contribution in [0.2, 0.25) is 0 Å². The van der Waals surface area contributed by atoms with E-state index in [1.807, 2.05) is 48.5 Å². The highest BCUT2D eigenvalue weighted by molar-refractivity contribution is 5.71. The molecule has 0 heterocycles. The molecule has 3 aromatic carbocycles. The molecule has 3 N–H and O–H groups in total. The molecule has 7 heteroatoms. The zero-order chi connectivity index (χ0) is 20.9. The molecule has 0 aliphatic carbocycles. The van der Waals surface area contributed by atoms with E-state index in [1.165, 1.54) is 19.2 Å². The fraction of sp³-hybridized carbons (Fsp3) is 0.0952. The SMILES string of the molecule is C=Nc1cc(-c2ccc(F)cc2)ccc1Oc1ccccc1.CN.OC(F)F. The van der Waals surface area contributed by atoms with Crippen molar-refractivity contribution in [3.05, 3.63) is 78.6 Å². The molecule has 28 heavy (non-hydrogen) atoms. The molecule has 0 saturated heterocycles. The largest absolute Gasteiger partial charge is 0.455 e. The Morgan fingerprint density at radius 1 is 0.929 bits per heavy atom. The predicted molar refractivity (Wildman–Crippen MR) is 106 cm³/mol. The number of ether oxygens (including phenoxy) is 1. The lowest BCUT2D eigenvalue weighted by molar-refractivity contribution is -0.0728. The van der Waals surface area contributed by atoms with Crippen LogP contribution in [0.4, 0.5) is 18.9 Å². The second-order valence-electron chi connectivity index (χ2n) is 5.04. The minimum atomic E-state index is -3.17. The number of halogens is 3. The van der Waals surface area contributed by atoms with Crippen molar-refractivity contribution < 1.29 is 23.0 Å². The molecule has 3 rings (SSSR count). The molecule has 148 valence electrons. The van der Waals surface area contributed by atoms with Gasteiger partial charge in [0.15, 0.2) is 5.75 Å². The van der Waals surface area contributed by atoms with E-state index >= 15 is 0 Å². The van der Waals surface area contributed by atoms with Crippen LogP contribution < -0.4 is 10.5 Å². The Bertz CT molecular complexity index is 839. The van der Waals surface area contributed by atoms with Gasteiger partial charge >= 0.3 is 6.61 Å². The number of aliphatic hydroxyl groups excluding tert-OH is 1. The van der Waals surface area contributed by atoms with E-state index in [-0.39, 0.29) is 5.82 Å². The molecule has 0 aromatic heterocycles. The Balaban J connectivity index is 0.000000583. The molecule has 0 radical (unpaired) electrons. The summed E-state index contributed by atoms with van der Waals surface area (Å²) in [6.45, 7) is 0.425. The molecule has 0 aliphatic heterocycles. The zero-order valence-corrected chi connectivity index (χ0v) is 15.2. The molecular weight excluding hydrogens is 369 g/mol. The second kappa shape index (κ2) is 12.3. The highest BCUT2D eigenvalue weighted by atomic mass is 19.3. The lowest BCUT2D eigenvalue weighted by atomic mass is 10.0. The fourth-order valence-electron chi connectivity index (χ4n) is 2.16. The number of alkyl halides is 2. The summed E-state index contributed by atoms with van der Waals surface area (Å²) in [7, 11) is 1.50. The van der Waals surface area contributed by atoms with Gasteiger partial charge in [0.25, 0.3) is 0 Å². The maximum Gasteiger partial charge on any atom is 0.342 e. The number of nitrogens with two attached hydrogens (primary N) is 1. The average molecular weight is 390 g/mol. The summed E-state index contributed by atoms with van der Waals surface area (Å²) in [6.07, 6.45) is 0. The first kappa shape index (κ1) is 22.9. The number of aliphatic imine (C=N–C) groups is 1. The smallest absolute Gasteiger partial charge is 0.342 e. The van der Waals surface area contributed by atoms with Crippen molar-refractivity contribution in [1.29, 1.82) is 0 Å². The highest BCUT2D eigenvalue weighted by Gasteiger charge is 2.07. The molecule has 3 aromatic rings. The molecule has 0 aliphatic rings. The van der Waals surface area contributed by atoms with Gasteiger partial charge in [0.2, 0.25) is 0 Å². The highest BCUT2D eigenvalue weighted by Crippen LogP contribution is 2.35. The first-order valence-electron chi connectivity index (χ1n) is 8.13. The van der Waals surface area contributed by atoms with Crippen molar-refractivity contribution in [3.8, 4) is 22.6 Å². The summed E-state index contributed by atoms with van der Waals surface area (Å²) < 4.78 is 38.6. The quantitative estimate of drug-likeness (QED) is 0.587. The fourth-order valence-corrected chi connectivity index (χ4v) is 2.16. The first-order valence-corrected chi connectivity index (χ1v) is 8.13. The van der Waals surface area contributed by atoms with E-state index < -0.39 is 6.61 Å². The Kier molecular flexibility index (Phi) is 10.0. The van der Waals surface area contributed by atoms with Crippen LogP contribution >= 0.6 is 0 Å². The van der Waals surface area contributed by atoms with Crippen LogP contribution in [-0.2, 0) is 0 Å². The van der Waals surface area contributed by atoms with Gasteiger partial charge in [-0.1, -0.05) is 36.4 Å². The van der Waals surface area contributed by atoms with Crippen LogP contribution in [-0.4, -0.2) is 25.5 Å². The van der Waals surface area contributed by atoms with Crippen LogP contribution in [0.15, 0.2) is 77.8 Å². The van der Waals surface area contributed by atoms with Crippen LogP contribution in [0.1, 0.15) is 0 Å². The molecule has 0 atom stereocenters. The van der Waals surface area contributed by atoms with Gasteiger partial charge in [-0.3, -0.25) is 4.99 Å². The molecule has 0 unspecified atom stereocenters. The van der Waals surface area contributed by atoms with E-state index in [2.05, 4.69) is 17.4 Å². The normalized spacial score (nSPS) is 9.54. The van der Waals surface area contributed by atoms with E-state index in [4.69, 9.17) is 9.84 Å². The monoisotopic (exact) mass is 390 g/mol. The molecule has 4 nitrogen and oxygen atoms in total. The van der Waals surface area contributed by atoms with E-state index in [9.17, 15) is 13.2 Å². The Morgan fingerprint density at radius 2 is 1.46 bits per heavy atom. The van der Waals surface area contributed by atoms with Gasteiger partial charge in [-0.25, -0.2) is 4.39 Å². The van der Waals surface area contributed by atoms with Gasteiger partial charge in [-0.15, -0.1) is 0 Å². The molecule has 0 spiro atoms. The minimum absolute atomic E-state index is 0.255. The van der Waals surface area contributed by atoms with Crippen molar-refractivity contribution in [3.63, 3.8) is 0 Å². The number of benzene rings is 3. The summed E-state index contributed by atoms with van der Waals surface area (Å²) in [5.74, 6) is 1.11. The number of rotatable bonds is 4. The van der Waals surface area contributed by atoms with Crippen molar-refractivity contribution >= 4 is 12.4 Å². The third-order valence-corrected chi connectivity index (χ3v) is 3.28. The average Bonchev–Trinajstić information content (AvgIpc) is 2.71. The number of hydrogen-bond acceptors (Lipinski definition) is 4. The van der Waals surface area contributed by atoms with E-state index in [0.29, 0.717) is 11.4 Å². The first-order chi connectivity index (χ1) is 13.5. The lowest BCUT2D eigenvalue weighted by Gasteiger charge is -2.10. The summed E-state index contributed by atoms with van der Waals surface area (Å²) >= 11 is 0. The van der Waals surface area contributed by atoms with Gasteiger partial charge < -0.3 is 15.6 Å². The summed E-state index contributed by atoms with van der Waals surface area (Å²) in [5, 5.41) is 6.72.